The molecule has 0 saturated heterocycles. The molecule has 0 radical (unpaired) electrons. The summed E-state index contributed by atoms with van der Waals surface area (Å²) in [6.07, 6.45) is 0.476. The Labute approximate surface area is 135 Å². The summed E-state index contributed by atoms with van der Waals surface area (Å²) in [5.41, 5.74) is 2.34. The largest absolute Gasteiger partial charge is 0.493 e. The Bertz CT molecular complexity index is 803. The number of ether oxygens (including phenoxy) is 1. The molecule has 122 valence electrons. The molecule has 0 spiro atoms. The topological polar surface area (TPSA) is 55.4 Å². The minimum Gasteiger partial charge on any atom is -0.493 e. The lowest BCUT2D eigenvalue weighted by atomic mass is 10.0. The molecule has 0 bridgehead atoms. The van der Waals surface area contributed by atoms with E-state index >= 15 is 0 Å². The third-order valence-electron chi connectivity index (χ3n) is 3.81. The Morgan fingerprint density at radius 1 is 1.22 bits per heavy atom. The monoisotopic (exact) mass is 335 g/mol. The fourth-order valence-electron chi connectivity index (χ4n) is 2.65. The highest BCUT2D eigenvalue weighted by Crippen LogP contribution is 2.33. The smallest absolute Gasteiger partial charge is 0.216 e. The number of fused-ring (bicyclic) bond motifs is 1. The zero-order chi connectivity index (χ0) is 16.4. The van der Waals surface area contributed by atoms with Crippen LogP contribution in [-0.2, 0) is 15.8 Å². The first-order valence-electron chi connectivity index (χ1n) is 7.41. The van der Waals surface area contributed by atoms with Crippen molar-refractivity contribution in [2.75, 3.05) is 6.61 Å². The molecule has 0 aliphatic carbocycles. The van der Waals surface area contributed by atoms with Gasteiger partial charge in [0.2, 0.25) is 10.0 Å². The molecule has 1 unspecified atom stereocenters. The second kappa shape index (κ2) is 6.29. The number of hydrogen-bond donors (Lipinski definition) is 1. The van der Waals surface area contributed by atoms with Gasteiger partial charge in [-0.05, 0) is 30.7 Å². The number of hydrogen-bond acceptors (Lipinski definition) is 3. The van der Waals surface area contributed by atoms with Gasteiger partial charge in [-0.1, -0.05) is 29.8 Å². The Morgan fingerprint density at radius 3 is 2.70 bits per heavy atom. The molecule has 0 amide bonds. The van der Waals surface area contributed by atoms with Crippen molar-refractivity contribution in [3.63, 3.8) is 0 Å². The Morgan fingerprint density at radius 2 is 1.96 bits per heavy atom. The van der Waals surface area contributed by atoms with Gasteiger partial charge < -0.3 is 4.74 Å². The number of benzene rings is 2. The maximum absolute atomic E-state index is 13.5. The van der Waals surface area contributed by atoms with E-state index in [2.05, 4.69) is 4.72 Å². The van der Waals surface area contributed by atoms with Crippen LogP contribution in [-0.4, -0.2) is 15.0 Å². The Hall–Kier alpha value is -1.92. The lowest BCUT2D eigenvalue weighted by Crippen LogP contribution is -2.33. The van der Waals surface area contributed by atoms with Crippen molar-refractivity contribution in [1.29, 1.82) is 0 Å². The van der Waals surface area contributed by atoms with E-state index in [0.717, 1.165) is 11.1 Å². The van der Waals surface area contributed by atoms with Crippen molar-refractivity contribution in [3.05, 3.63) is 65.0 Å². The normalized spacial score (nSPS) is 17.4. The quantitative estimate of drug-likeness (QED) is 0.934. The summed E-state index contributed by atoms with van der Waals surface area (Å²) in [4.78, 5) is 0. The number of sulfonamides is 1. The number of nitrogens with one attached hydrogen (secondary N) is 1. The summed E-state index contributed by atoms with van der Waals surface area (Å²) in [5.74, 6) is 0.0209. The second-order valence-corrected chi connectivity index (χ2v) is 7.49. The average molecular weight is 335 g/mol. The van der Waals surface area contributed by atoms with E-state index in [1.54, 1.807) is 12.1 Å². The van der Waals surface area contributed by atoms with Gasteiger partial charge in [0.15, 0.2) is 0 Å². The molecular formula is C17H18FNO3S. The van der Waals surface area contributed by atoms with Crippen LogP contribution in [0.15, 0.2) is 42.5 Å². The molecule has 0 fully saturated rings. The fraction of sp³-hybridized carbons (Fsp3) is 0.294. The number of halogens is 1. The summed E-state index contributed by atoms with van der Waals surface area (Å²) < 4.78 is 46.4. The van der Waals surface area contributed by atoms with Crippen molar-refractivity contribution in [2.24, 2.45) is 0 Å². The van der Waals surface area contributed by atoms with Gasteiger partial charge in [-0.15, -0.1) is 0 Å². The molecule has 1 aliphatic rings. The zero-order valence-electron chi connectivity index (χ0n) is 12.8. The SMILES string of the molecule is Cc1ccc(CS(=O)(=O)NC2CCOc3ccc(F)cc32)cc1. The molecule has 3 rings (SSSR count). The maximum Gasteiger partial charge on any atom is 0.216 e. The molecule has 1 N–H and O–H groups in total. The van der Waals surface area contributed by atoms with Gasteiger partial charge in [-0.2, -0.15) is 0 Å². The first-order chi connectivity index (χ1) is 10.9. The van der Waals surface area contributed by atoms with Crippen LogP contribution < -0.4 is 9.46 Å². The van der Waals surface area contributed by atoms with E-state index in [9.17, 15) is 12.8 Å². The molecule has 2 aromatic rings. The molecule has 0 aromatic heterocycles. The van der Waals surface area contributed by atoms with E-state index in [4.69, 9.17) is 4.74 Å². The zero-order valence-corrected chi connectivity index (χ0v) is 13.6. The van der Waals surface area contributed by atoms with Crippen LogP contribution in [0, 0.1) is 12.7 Å². The lowest BCUT2D eigenvalue weighted by molar-refractivity contribution is 0.262. The van der Waals surface area contributed by atoms with Gasteiger partial charge in [0.25, 0.3) is 0 Å². The molecule has 1 heterocycles. The van der Waals surface area contributed by atoms with Gasteiger partial charge in [0.1, 0.15) is 11.6 Å². The molecular weight excluding hydrogens is 317 g/mol. The Balaban J connectivity index is 1.79. The highest BCUT2D eigenvalue weighted by Gasteiger charge is 2.26. The fourth-order valence-corrected chi connectivity index (χ4v) is 4.04. The summed E-state index contributed by atoms with van der Waals surface area (Å²) in [5, 5.41) is 0. The first-order valence-corrected chi connectivity index (χ1v) is 9.06. The molecule has 4 nitrogen and oxygen atoms in total. The van der Waals surface area contributed by atoms with Crippen molar-refractivity contribution >= 4 is 10.0 Å². The van der Waals surface area contributed by atoms with Crippen LogP contribution in [0.4, 0.5) is 4.39 Å². The van der Waals surface area contributed by atoms with Crippen LogP contribution in [0.3, 0.4) is 0 Å². The van der Waals surface area contributed by atoms with Crippen molar-refractivity contribution < 1.29 is 17.5 Å². The molecule has 6 heteroatoms. The van der Waals surface area contributed by atoms with Crippen molar-refractivity contribution in [1.82, 2.24) is 4.72 Å². The number of aryl methyl sites for hydroxylation is 1. The highest BCUT2D eigenvalue weighted by atomic mass is 32.2. The molecule has 1 aliphatic heterocycles. The third-order valence-corrected chi connectivity index (χ3v) is 5.17. The van der Waals surface area contributed by atoms with E-state index in [1.165, 1.54) is 18.2 Å². The predicted molar refractivity (Wildman–Crippen MR) is 86.2 cm³/mol. The van der Waals surface area contributed by atoms with Crippen LogP contribution >= 0.6 is 0 Å². The van der Waals surface area contributed by atoms with E-state index < -0.39 is 21.9 Å². The van der Waals surface area contributed by atoms with Gasteiger partial charge >= 0.3 is 0 Å². The van der Waals surface area contributed by atoms with Crippen LogP contribution in [0.5, 0.6) is 5.75 Å². The van der Waals surface area contributed by atoms with Crippen LogP contribution in [0.2, 0.25) is 0 Å². The third kappa shape index (κ3) is 3.89. The van der Waals surface area contributed by atoms with Gasteiger partial charge in [-0.3, -0.25) is 0 Å². The Kier molecular flexibility index (Phi) is 4.37. The standard InChI is InChI=1S/C17H18FNO3S/c1-12-2-4-13(5-3-12)11-23(20,21)19-16-8-9-22-17-7-6-14(18)10-15(16)17/h2-7,10,16,19H,8-9,11H2,1H3. The first kappa shape index (κ1) is 16.0. The van der Waals surface area contributed by atoms with Gasteiger partial charge in [0.05, 0.1) is 18.4 Å². The van der Waals surface area contributed by atoms with Crippen molar-refractivity contribution in [3.8, 4) is 5.75 Å². The average Bonchev–Trinajstić information content (AvgIpc) is 2.50. The number of rotatable bonds is 4. The summed E-state index contributed by atoms with van der Waals surface area (Å²) >= 11 is 0. The molecule has 23 heavy (non-hydrogen) atoms. The second-order valence-electron chi connectivity index (χ2n) is 5.73. The lowest BCUT2D eigenvalue weighted by Gasteiger charge is -2.26. The summed E-state index contributed by atoms with van der Waals surface area (Å²) in [6, 6.07) is 11.1. The van der Waals surface area contributed by atoms with Gasteiger partial charge in [0, 0.05) is 12.0 Å². The van der Waals surface area contributed by atoms with E-state index in [1.807, 2.05) is 19.1 Å². The molecule has 2 aromatic carbocycles. The maximum atomic E-state index is 13.5. The molecule has 0 saturated carbocycles. The van der Waals surface area contributed by atoms with Gasteiger partial charge in [-0.25, -0.2) is 17.5 Å². The van der Waals surface area contributed by atoms with E-state index in [-0.39, 0.29) is 5.75 Å². The minimum absolute atomic E-state index is 0.102. The highest BCUT2D eigenvalue weighted by molar-refractivity contribution is 7.88. The minimum atomic E-state index is -3.53. The summed E-state index contributed by atoms with van der Waals surface area (Å²) in [6.45, 7) is 2.35. The van der Waals surface area contributed by atoms with Crippen LogP contribution in [0.1, 0.15) is 29.2 Å². The van der Waals surface area contributed by atoms with E-state index in [0.29, 0.717) is 24.3 Å². The van der Waals surface area contributed by atoms with Crippen LogP contribution in [0.25, 0.3) is 0 Å². The molecule has 1 atom stereocenters. The predicted octanol–water partition coefficient (Wildman–Crippen LogP) is 3.08. The van der Waals surface area contributed by atoms with Crippen molar-refractivity contribution in [2.45, 2.75) is 25.1 Å². The summed E-state index contributed by atoms with van der Waals surface area (Å²) in [7, 11) is -3.53.